The van der Waals surface area contributed by atoms with E-state index in [9.17, 15) is 8.42 Å². The van der Waals surface area contributed by atoms with Crippen LogP contribution in [0, 0.1) is 0 Å². The van der Waals surface area contributed by atoms with E-state index in [-0.39, 0.29) is 4.90 Å². The van der Waals surface area contributed by atoms with Gasteiger partial charge in [0.1, 0.15) is 0 Å². The van der Waals surface area contributed by atoms with Gasteiger partial charge >= 0.3 is 0 Å². The minimum absolute atomic E-state index is 0.108. The van der Waals surface area contributed by atoms with Gasteiger partial charge < -0.3 is 0 Å². The molecule has 0 N–H and O–H groups in total. The van der Waals surface area contributed by atoms with Crippen molar-refractivity contribution in [2.45, 2.75) is 31.2 Å². The number of rotatable bonds is 5. The predicted octanol–water partition coefficient (Wildman–Crippen LogP) is 3.28. The molecule has 4 nitrogen and oxygen atoms in total. The second kappa shape index (κ2) is 5.75. The number of aryl methyl sites for hydroxylation is 1. The van der Waals surface area contributed by atoms with E-state index in [0.29, 0.717) is 0 Å². The Morgan fingerprint density at radius 2 is 1.89 bits per heavy atom. The third-order valence-corrected chi connectivity index (χ3v) is 4.21. The van der Waals surface area contributed by atoms with Crippen molar-refractivity contribution in [3.8, 4) is 11.1 Å². The largest absolute Gasteiger partial charge is 0.272 e. The lowest BCUT2D eigenvalue weighted by molar-refractivity contribution is 0.572. The maximum absolute atomic E-state index is 11.2. The standard InChI is InChI=1S/C13H15ClN2O2S/c1-2-3-8-16-10-12(9-15-16)11-4-6-13(7-5-11)19(14,17)18/h4-7,9-10H,2-3,8H2,1H3. The molecule has 0 saturated heterocycles. The van der Waals surface area contributed by atoms with E-state index in [1.54, 1.807) is 18.3 Å². The number of hydrogen-bond acceptors (Lipinski definition) is 3. The fraction of sp³-hybridized carbons (Fsp3) is 0.308. The third-order valence-electron chi connectivity index (χ3n) is 2.84. The van der Waals surface area contributed by atoms with Crippen LogP contribution in [0.1, 0.15) is 19.8 Å². The van der Waals surface area contributed by atoms with Crippen molar-refractivity contribution >= 4 is 19.7 Å². The molecule has 6 heteroatoms. The van der Waals surface area contributed by atoms with E-state index in [2.05, 4.69) is 12.0 Å². The first-order valence-corrected chi connectivity index (χ1v) is 8.39. The Kier molecular flexibility index (Phi) is 4.27. The maximum atomic E-state index is 11.2. The highest BCUT2D eigenvalue weighted by atomic mass is 35.7. The fourth-order valence-electron chi connectivity index (χ4n) is 1.76. The van der Waals surface area contributed by atoms with Crippen LogP contribution in [0.25, 0.3) is 11.1 Å². The van der Waals surface area contributed by atoms with Crippen LogP contribution in [0.15, 0.2) is 41.6 Å². The van der Waals surface area contributed by atoms with Crippen molar-refractivity contribution < 1.29 is 8.42 Å². The number of nitrogens with zero attached hydrogens (tertiary/aromatic N) is 2. The quantitative estimate of drug-likeness (QED) is 0.796. The number of benzene rings is 1. The smallest absolute Gasteiger partial charge is 0.261 e. The molecule has 0 bridgehead atoms. The summed E-state index contributed by atoms with van der Waals surface area (Å²) in [6.45, 7) is 3.03. The van der Waals surface area contributed by atoms with Gasteiger partial charge in [0.05, 0.1) is 11.1 Å². The molecule has 0 radical (unpaired) electrons. The third kappa shape index (κ3) is 3.58. The molecule has 2 aromatic rings. The van der Waals surface area contributed by atoms with E-state index in [1.807, 2.05) is 10.9 Å². The van der Waals surface area contributed by atoms with Crippen molar-refractivity contribution in [2.24, 2.45) is 0 Å². The lowest BCUT2D eigenvalue weighted by Gasteiger charge is -2.00. The first-order valence-electron chi connectivity index (χ1n) is 6.08. The van der Waals surface area contributed by atoms with E-state index in [1.165, 1.54) is 12.1 Å². The molecule has 0 aliphatic rings. The highest BCUT2D eigenvalue weighted by Crippen LogP contribution is 2.22. The fourth-order valence-corrected chi connectivity index (χ4v) is 2.53. The van der Waals surface area contributed by atoms with Crippen LogP contribution in [-0.4, -0.2) is 18.2 Å². The molecule has 1 aromatic carbocycles. The van der Waals surface area contributed by atoms with Crippen LogP contribution in [0.3, 0.4) is 0 Å². The number of unbranched alkanes of at least 4 members (excludes halogenated alkanes) is 1. The summed E-state index contributed by atoms with van der Waals surface area (Å²) in [6, 6.07) is 6.47. The summed E-state index contributed by atoms with van der Waals surface area (Å²) < 4.78 is 24.2. The number of hydrogen-bond donors (Lipinski definition) is 0. The minimum Gasteiger partial charge on any atom is -0.272 e. The second-order valence-corrected chi connectivity index (χ2v) is 6.87. The van der Waals surface area contributed by atoms with E-state index >= 15 is 0 Å². The Labute approximate surface area is 117 Å². The van der Waals surface area contributed by atoms with Crippen LogP contribution >= 0.6 is 10.7 Å². The Hall–Kier alpha value is -1.33. The van der Waals surface area contributed by atoms with Gasteiger partial charge in [-0.05, 0) is 24.1 Å². The summed E-state index contributed by atoms with van der Waals surface area (Å²) in [5, 5.41) is 4.27. The summed E-state index contributed by atoms with van der Waals surface area (Å²) in [7, 11) is 1.62. The van der Waals surface area contributed by atoms with E-state index in [4.69, 9.17) is 10.7 Å². The zero-order valence-electron chi connectivity index (χ0n) is 10.6. The van der Waals surface area contributed by atoms with Crippen molar-refractivity contribution in [2.75, 3.05) is 0 Å². The molecular formula is C13H15ClN2O2S. The van der Waals surface area contributed by atoms with Crippen LogP contribution in [0.2, 0.25) is 0 Å². The van der Waals surface area contributed by atoms with Gasteiger partial charge in [-0.2, -0.15) is 5.10 Å². The molecule has 2 rings (SSSR count). The van der Waals surface area contributed by atoms with Gasteiger partial charge in [-0.3, -0.25) is 4.68 Å². The molecule has 1 aromatic heterocycles. The molecule has 0 unspecified atom stereocenters. The van der Waals surface area contributed by atoms with Crippen LogP contribution in [-0.2, 0) is 15.6 Å². The Morgan fingerprint density at radius 3 is 2.47 bits per heavy atom. The highest BCUT2D eigenvalue weighted by Gasteiger charge is 2.10. The van der Waals surface area contributed by atoms with Gasteiger partial charge in [0.25, 0.3) is 9.05 Å². The van der Waals surface area contributed by atoms with Gasteiger partial charge in [0.2, 0.25) is 0 Å². The average molecular weight is 299 g/mol. The first kappa shape index (κ1) is 14.1. The molecule has 0 aliphatic heterocycles. The molecule has 0 spiro atoms. The van der Waals surface area contributed by atoms with Crippen molar-refractivity contribution in [3.63, 3.8) is 0 Å². The van der Waals surface area contributed by atoms with Crippen LogP contribution in [0.4, 0.5) is 0 Å². The number of halogens is 1. The highest BCUT2D eigenvalue weighted by molar-refractivity contribution is 8.13. The Morgan fingerprint density at radius 1 is 1.21 bits per heavy atom. The maximum Gasteiger partial charge on any atom is 0.261 e. The van der Waals surface area contributed by atoms with Gasteiger partial charge in [-0.1, -0.05) is 25.5 Å². The van der Waals surface area contributed by atoms with Gasteiger partial charge in [-0.25, -0.2) is 8.42 Å². The lowest BCUT2D eigenvalue weighted by atomic mass is 10.1. The molecule has 19 heavy (non-hydrogen) atoms. The summed E-state index contributed by atoms with van der Waals surface area (Å²) in [5.74, 6) is 0. The normalized spacial score (nSPS) is 11.7. The zero-order chi connectivity index (χ0) is 13.9. The Balaban J connectivity index is 2.20. The lowest BCUT2D eigenvalue weighted by Crippen LogP contribution is -1.96. The monoisotopic (exact) mass is 298 g/mol. The molecule has 1 heterocycles. The van der Waals surface area contributed by atoms with Gasteiger partial charge in [0, 0.05) is 29.0 Å². The summed E-state index contributed by atoms with van der Waals surface area (Å²) in [5.41, 5.74) is 1.89. The van der Waals surface area contributed by atoms with Crippen molar-refractivity contribution in [1.29, 1.82) is 0 Å². The molecule has 102 valence electrons. The van der Waals surface area contributed by atoms with Crippen LogP contribution < -0.4 is 0 Å². The molecule has 0 fully saturated rings. The molecule has 0 saturated carbocycles. The minimum atomic E-state index is -3.66. The molecular weight excluding hydrogens is 284 g/mol. The first-order chi connectivity index (χ1) is 9.00. The van der Waals surface area contributed by atoms with Gasteiger partial charge in [0.15, 0.2) is 0 Å². The summed E-state index contributed by atoms with van der Waals surface area (Å²) in [6.07, 6.45) is 5.95. The van der Waals surface area contributed by atoms with E-state index in [0.717, 1.165) is 30.5 Å². The molecule has 0 amide bonds. The SMILES string of the molecule is CCCCn1cc(-c2ccc(S(=O)(=O)Cl)cc2)cn1. The second-order valence-electron chi connectivity index (χ2n) is 4.31. The topological polar surface area (TPSA) is 52.0 Å². The summed E-state index contributed by atoms with van der Waals surface area (Å²) in [4.78, 5) is 0.108. The van der Waals surface area contributed by atoms with Crippen molar-refractivity contribution in [3.05, 3.63) is 36.7 Å². The van der Waals surface area contributed by atoms with Gasteiger partial charge in [-0.15, -0.1) is 0 Å². The Bertz CT molecular complexity index is 648. The zero-order valence-corrected chi connectivity index (χ0v) is 12.2. The summed E-state index contributed by atoms with van der Waals surface area (Å²) >= 11 is 0. The van der Waals surface area contributed by atoms with Crippen molar-refractivity contribution in [1.82, 2.24) is 9.78 Å². The van der Waals surface area contributed by atoms with E-state index < -0.39 is 9.05 Å². The van der Waals surface area contributed by atoms with Crippen LogP contribution in [0.5, 0.6) is 0 Å². The predicted molar refractivity (Wildman–Crippen MR) is 75.6 cm³/mol. The average Bonchev–Trinajstić information content (AvgIpc) is 2.84. The molecule has 0 aliphatic carbocycles. The number of aromatic nitrogens is 2. The molecule has 0 atom stereocenters.